The smallest absolute Gasteiger partial charge is 0.220 e. The van der Waals surface area contributed by atoms with Crippen molar-refractivity contribution in [2.45, 2.75) is 19.8 Å². The second-order valence-corrected chi connectivity index (χ2v) is 3.29. The Morgan fingerprint density at radius 3 is 2.90 bits per heavy atom. The van der Waals surface area contributed by atoms with Crippen molar-refractivity contribution in [3.05, 3.63) is 0 Å². The molecule has 0 bridgehead atoms. The summed E-state index contributed by atoms with van der Waals surface area (Å²) in [6.07, 6.45) is 1.56. The van der Waals surface area contributed by atoms with Gasteiger partial charge in [-0.05, 0) is 18.4 Å². The fourth-order valence-electron chi connectivity index (χ4n) is 1.08. The summed E-state index contributed by atoms with van der Waals surface area (Å²) in [4.78, 5) is 10.7. The van der Waals surface area contributed by atoms with Crippen LogP contribution in [0.5, 0.6) is 0 Å². The highest BCUT2D eigenvalue weighted by atomic mass is 16.1. The molecule has 3 nitrogen and oxygen atoms in total. The van der Waals surface area contributed by atoms with Crippen molar-refractivity contribution >= 4 is 5.91 Å². The quantitative estimate of drug-likeness (QED) is 0.535. The van der Waals surface area contributed by atoms with Crippen molar-refractivity contribution in [2.24, 2.45) is 11.1 Å². The number of hydrogen-bond donors (Lipinski definition) is 2. The average Bonchev–Trinajstić information content (AvgIpc) is 1.96. The molecule has 1 aliphatic rings. The van der Waals surface area contributed by atoms with Crippen LogP contribution in [0.4, 0.5) is 0 Å². The summed E-state index contributed by atoms with van der Waals surface area (Å²) in [5, 5.41) is 2.80. The van der Waals surface area contributed by atoms with Gasteiger partial charge in [0.05, 0.1) is 0 Å². The lowest BCUT2D eigenvalue weighted by Crippen LogP contribution is -2.45. The number of carbonyl (C=O) groups is 1. The van der Waals surface area contributed by atoms with Crippen LogP contribution in [0.1, 0.15) is 19.8 Å². The maximum atomic E-state index is 10.7. The molecule has 0 aromatic heterocycles. The topological polar surface area (TPSA) is 55.1 Å². The third-order valence-corrected chi connectivity index (χ3v) is 2.16. The van der Waals surface area contributed by atoms with Crippen molar-refractivity contribution in [2.75, 3.05) is 13.1 Å². The first-order chi connectivity index (χ1) is 4.66. The van der Waals surface area contributed by atoms with Gasteiger partial charge in [0, 0.05) is 13.0 Å². The fourth-order valence-corrected chi connectivity index (χ4v) is 1.08. The van der Waals surface area contributed by atoms with Gasteiger partial charge in [0.15, 0.2) is 0 Å². The average molecular weight is 142 g/mol. The number of carbonyl (C=O) groups excluding carboxylic acids is 1. The lowest BCUT2D eigenvalue weighted by molar-refractivity contribution is -0.124. The molecule has 0 aliphatic carbocycles. The Morgan fingerprint density at radius 2 is 2.50 bits per heavy atom. The molecule has 1 rings (SSSR count). The van der Waals surface area contributed by atoms with E-state index in [9.17, 15) is 4.79 Å². The monoisotopic (exact) mass is 142 g/mol. The molecule has 0 radical (unpaired) electrons. The highest BCUT2D eigenvalue weighted by Gasteiger charge is 2.27. The van der Waals surface area contributed by atoms with Crippen LogP contribution in [0.3, 0.4) is 0 Å². The minimum atomic E-state index is 0.147. The molecule has 0 aromatic rings. The lowest BCUT2D eigenvalue weighted by atomic mass is 9.83. The fraction of sp³-hybridized carbons (Fsp3) is 0.857. The molecule has 1 heterocycles. The van der Waals surface area contributed by atoms with Gasteiger partial charge in [-0.25, -0.2) is 0 Å². The Labute approximate surface area is 61.0 Å². The van der Waals surface area contributed by atoms with Crippen LogP contribution < -0.4 is 11.1 Å². The number of hydrogen-bond acceptors (Lipinski definition) is 2. The van der Waals surface area contributed by atoms with Gasteiger partial charge in [-0.3, -0.25) is 4.79 Å². The molecule has 1 unspecified atom stereocenters. The SMILES string of the molecule is CC1(CN)CCC(=O)NC1. The number of nitrogens with two attached hydrogens (primary N) is 1. The molecule has 0 spiro atoms. The van der Waals surface area contributed by atoms with Crippen LogP contribution in [0.2, 0.25) is 0 Å². The summed E-state index contributed by atoms with van der Waals surface area (Å²) in [6.45, 7) is 3.50. The largest absolute Gasteiger partial charge is 0.356 e. The van der Waals surface area contributed by atoms with E-state index in [0.717, 1.165) is 13.0 Å². The zero-order chi connectivity index (χ0) is 7.61. The van der Waals surface area contributed by atoms with Crippen LogP contribution in [0.25, 0.3) is 0 Å². The van der Waals surface area contributed by atoms with Crippen LogP contribution >= 0.6 is 0 Å². The molecule has 58 valence electrons. The van der Waals surface area contributed by atoms with Crippen molar-refractivity contribution in [1.29, 1.82) is 0 Å². The summed E-state index contributed by atoms with van der Waals surface area (Å²) < 4.78 is 0. The summed E-state index contributed by atoms with van der Waals surface area (Å²) in [5.74, 6) is 0.158. The van der Waals surface area contributed by atoms with Crippen LogP contribution in [0, 0.1) is 5.41 Å². The van der Waals surface area contributed by atoms with Gasteiger partial charge in [-0.15, -0.1) is 0 Å². The van der Waals surface area contributed by atoms with Crippen molar-refractivity contribution in [1.82, 2.24) is 5.32 Å². The molecule has 0 aromatic carbocycles. The molecule has 0 saturated carbocycles. The highest BCUT2D eigenvalue weighted by molar-refractivity contribution is 5.76. The molecule has 1 amide bonds. The predicted molar refractivity (Wildman–Crippen MR) is 39.4 cm³/mol. The Hall–Kier alpha value is -0.570. The minimum Gasteiger partial charge on any atom is -0.356 e. The summed E-state index contributed by atoms with van der Waals surface area (Å²) >= 11 is 0. The van der Waals surface area contributed by atoms with E-state index in [-0.39, 0.29) is 11.3 Å². The molecule has 3 heteroatoms. The van der Waals surface area contributed by atoms with Crippen LogP contribution in [-0.2, 0) is 4.79 Å². The zero-order valence-electron chi connectivity index (χ0n) is 6.31. The normalized spacial score (nSPS) is 33.6. The van der Waals surface area contributed by atoms with Gasteiger partial charge >= 0.3 is 0 Å². The molecule has 3 N–H and O–H groups in total. The molecule has 10 heavy (non-hydrogen) atoms. The van der Waals surface area contributed by atoms with E-state index in [4.69, 9.17) is 5.73 Å². The molecule has 1 fully saturated rings. The first-order valence-corrected chi connectivity index (χ1v) is 3.63. The third-order valence-electron chi connectivity index (χ3n) is 2.16. The Bertz CT molecular complexity index is 135. The van der Waals surface area contributed by atoms with Gasteiger partial charge in [0.25, 0.3) is 0 Å². The van der Waals surface area contributed by atoms with Crippen LogP contribution in [-0.4, -0.2) is 19.0 Å². The van der Waals surface area contributed by atoms with E-state index in [2.05, 4.69) is 12.2 Å². The maximum absolute atomic E-state index is 10.7. The lowest BCUT2D eigenvalue weighted by Gasteiger charge is -2.31. The first-order valence-electron chi connectivity index (χ1n) is 3.63. The standard InChI is InChI=1S/C7H14N2O/c1-7(4-8)3-2-6(10)9-5-7/h2-5,8H2,1H3,(H,9,10). The number of nitrogens with one attached hydrogen (secondary N) is 1. The van der Waals surface area contributed by atoms with Crippen molar-refractivity contribution in [3.63, 3.8) is 0 Å². The summed E-state index contributed by atoms with van der Waals surface area (Å²) in [6, 6.07) is 0. The molecule has 1 atom stereocenters. The molecule has 1 saturated heterocycles. The van der Waals surface area contributed by atoms with Gasteiger partial charge in [0.2, 0.25) is 5.91 Å². The van der Waals surface area contributed by atoms with E-state index >= 15 is 0 Å². The van der Waals surface area contributed by atoms with E-state index in [1.807, 2.05) is 0 Å². The van der Waals surface area contributed by atoms with E-state index in [1.54, 1.807) is 0 Å². The molecule has 1 aliphatic heterocycles. The van der Waals surface area contributed by atoms with E-state index in [1.165, 1.54) is 0 Å². The van der Waals surface area contributed by atoms with Crippen molar-refractivity contribution in [3.8, 4) is 0 Å². The second-order valence-electron chi connectivity index (χ2n) is 3.29. The summed E-state index contributed by atoms with van der Waals surface area (Å²) in [5.41, 5.74) is 5.68. The van der Waals surface area contributed by atoms with Gasteiger partial charge < -0.3 is 11.1 Å². The molecular weight excluding hydrogens is 128 g/mol. The Balaban J connectivity index is 2.46. The minimum absolute atomic E-state index is 0.147. The second kappa shape index (κ2) is 2.58. The van der Waals surface area contributed by atoms with Crippen molar-refractivity contribution < 1.29 is 4.79 Å². The van der Waals surface area contributed by atoms with E-state index in [0.29, 0.717) is 13.0 Å². The third kappa shape index (κ3) is 1.48. The number of rotatable bonds is 1. The molecular formula is C7H14N2O. The van der Waals surface area contributed by atoms with Gasteiger partial charge in [-0.2, -0.15) is 0 Å². The maximum Gasteiger partial charge on any atom is 0.220 e. The highest BCUT2D eigenvalue weighted by Crippen LogP contribution is 2.23. The Morgan fingerprint density at radius 1 is 1.80 bits per heavy atom. The van der Waals surface area contributed by atoms with E-state index < -0.39 is 0 Å². The summed E-state index contributed by atoms with van der Waals surface area (Å²) in [7, 11) is 0. The Kier molecular flexibility index (Phi) is 1.94. The number of piperidine rings is 1. The zero-order valence-corrected chi connectivity index (χ0v) is 6.31. The van der Waals surface area contributed by atoms with Crippen LogP contribution in [0.15, 0.2) is 0 Å². The van der Waals surface area contributed by atoms with Gasteiger partial charge in [-0.1, -0.05) is 6.92 Å². The number of amides is 1. The predicted octanol–water partition coefficient (Wildman–Crippen LogP) is -0.139. The van der Waals surface area contributed by atoms with Gasteiger partial charge in [0.1, 0.15) is 0 Å². The first kappa shape index (κ1) is 7.54.